The largest absolute Gasteiger partial charge is 0.463 e. The number of pyridine rings is 1. The number of hydrogen-bond donors (Lipinski definition) is 5. The number of carbonyl (C=O) groups is 1. The Morgan fingerprint density at radius 2 is 1.88 bits per heavy atom. The molecule has 5 rings (SSSR count). The molecule has 210 valence electrons. The highest BCUT2D eigenvalue weighted by atomic mass is 35.5. The smallest absolute Gasteiger partial charge is 0.417 e. The summed E-state index contributed by atoms with van der Waals surface area (Å²) in [5, 5.41) is 15.2. The van der Waals surface area contributed by atoms with E-state index < -0.39 is 22.8 Å². The van der Waals surface area contributed by atoms with E-state index in [9.17, 15) is 18.0 Å². The number of nitrogens with one attached hydrogen (secondary N) is 4. The molecule has 4 aromatic heterocycles. The molecule has 1 aromatic carbocycles. The van der Waals surface area contributed by atoms with Crippen LogP contribution in [0.25, 0.3) is 11.5 Å². The number of nitrogens with zero attached hydrogens (tertiary/aromatic N) is 5. The van der Waals surface area contributed by atoms with E-state index in [2.05, 4.69) is 53.9 Å². The Morgan fingerprint density at radius 1 is 1.05 bits per heavy atom. The summed E-state index contributed by atoms with van der Waals surface area (Å²) in [6.07, 6.45) is -1.70. The highest BCUT2D eigenvalue weighted by Gasteiger charge is 2.34. The first-order chi connectivity index (χ1) is 19.5. The van der Waals surface area contributed by atoms with Crippen molar-refractivity contribution >= 4 is 65.2 Å². The third-order valence-corrected chi connectivity index (χ3v) is 6.16. The number of aryl methyl sites for hydroxylation is 1. The maximum Gasteiger partial charge on any atom is 0.417 e. The number of aromatic amines is 1. The third kappa shape index (κ3) is 6.70. The number of benzene rings is 1. The number of aromatic nitrogens is 5. The number of hydrogen-bond acceptors (Lipinski definition) is 9. The number of H-pyrrole nitrogens is 1. The summed E-state index contributed by atoms with van der Waals surface area (Å²) in [7, 11) is 0. The summed E-state index contributed by atoms with van der Waals surface area (Å²) >= 11 is 9.66. The van der Waals surface area contributed by atoms with Crippen LogP contribution in [0.15, 0.2) is 71.5 Å². The van der Waals surface area contributed by atoms with Gasteiger partial charge in [0.05, 0.1) is 34.4 Å². The van der Waals surface area contributed by atoms with Crippen molar-refractivity contribution in [3.63, 3.8) is 0 Å². The van der Waals surface area contributed by atoms with Gasteiger partial charge in [-0.25, -0.2) is 19.1 Å². The molecule has 2 amide bonds. The van der Waals surface area contributed by atoms with Crippen LogP contribution in [-0.4, -0.2) is 31.2 Å². The highest BCUT2D eigenvalue weighted by Crippen LogP contribution is 2.37. The summed E-state index contributed by atoms with van der Waals surface area (Å²) in [4.78, 5) is 25.5. The van der Waals surface area contributed by atoms with E-state index in [0.717, 1.165) is 12.1 Å². The van der Waals surface area contributed by atoms with Crippen LogP contribution in [0.3, 0.4) is 0 Å². The van der Waals surface area contributed by atoms with Crippen molar-refractivity contribution < 1.29 is 22.4 Å². The van der Waals surface area contributed by atoms with Crippen LogP contribution < -0.4 is 20.3 Å². The van der Waals surface area contributed by atoms with Gasteiger partial charge in [0.2, 0.25) is 5.95 Å². The molecular weight excluding hydrogens is 583 g/mol. The van der Waals surface area contributed by atoms with Crippen molar-refractivity contribution in [1.29, 1.82) is 0 Å². The topological polar surface area (TPSA) is 137 Å². The number of thiol groups is 1. The number of amides is 2. The van der Waals surface area contributed by atoms with E-state index in [0.29, 0.717) is 38.8 Å². The van der Waals surface area contributed by atoms with Gasteiger partial charge in [0, 0.05) is 17.8 Å². The summed E-state index contributed by atoms with van der Waals surface area (Å²) in [6, 6.07) is 12.4. The van der Waals surface area contributed by atoms with Gasteiger partial charge < -0.3 is 15.1 Å². The van der Waals surface area contributed by atoms with Gasteiger partial charge in [0.25, 0.3) is 0 Å². The van der Waals surface area contributed by atoms with Crippen molar-refractivity contribution in [2.75, 3.05) is 20.3 Å². The minimum Gasteiger partial charge on any atom is -0.463 e. The predicted octanol–water partition coefficient (Wildman–Crippen LogP) is 7.21. The van der Waals surface area contributed by atoms with Gasteiger partial charge >= 0.3 is 12.2 Å². The first-order valence-electron chi connectivity index (χ1n) is 11.7. The van der Waals surface area contributed by atoms with Crippen molar-refractivity contribution in [1.82, 2.24) is 25.1 Å². The van der Waals surface area contributed by atoms with E-state index >= 15 is 0 Å². The lowest BCUT2D eigenvalue weighted by molar-refractivity contribution is -0.137. The van der Waals surface area contributed by atoms with Crippen LogP contribution in [0.4, 0.5) is 52.7 Å². The van der Waals surface area contributed by atoms with Crippen molar-refractivity contribution in [2.45, 2.75) is 13.1 Å². The molecule has 41 heavy (non-hydrogen) atoms. The molecule has 5 aromatic rings. The Morgan fingerprint density at radius 3 is 2.59 bits per heavy atom. The van der Waals surface area contributed by atoms with Gasteiger partial charge in [-0.3, -0.25) is 10.4 Å². The van der Waals surface area contributed by atoms with Crippen molar-refractivity contribution in [2.24, 2.45) is 0 Å². The average Bonchev–Trinajstić information content (AvgIpc) is 3.61. The monoisotopic (exact) mass is 601 g/mol. The molecule has 11 nitrogen and oxygen atoms in total. The van der Waals surface area contributed by atoms with Crippen LogP contribution in [0, 0.1) is 6.92 Å². The molecule has 0 fully saturated rings. The minimum atomic E-state index is -4.69. The molecule has 0 aliphatic heterocycles. The molecular formula is C25H19ClF3N9O2S. The van der Waals surface area contributed by atoms with E-state index in [1.165, 1.54) is 18.3 Å². The number of rotatable bonds is 7. The summed E-state index contributed by atoms with van der Waals surface area (Å²) in [6.45, 7) is 1.80. The molecule has 4 N–H and O–H groups in total. The average molecular weight is 602 g/mol. The quantitative estimate of drug-likeness (QED) is 0.123. The lowest BCUT2D eigenvalue weighted by Crippen LogP contribution is -2.27. The van der Waals surface area contributed by atoms with Gasteiger partial charge in [-0.15, -0.1) is 0 Å². The highest BCUT2D eigenvalue weighted by molar-refractivity contribution is 7.82. The first-order valence-corrected chi connectivity index (χ1v) is 12.4. The maximum absolute atomic E-state index is 13.2. The first kappa shape index (κ1) is 27.8. The van der Waals surface area contributed by atoms with E-state index in [-0.39, 0.29) is 17.5 Å². The number of furan rings is 1. The Bertz CT molecular complexity index is 1680. The third-order valence-electron chi connectivity index (χ3n) is 5.42. The van der Waals surface area contributed by atoms with Crippen LogP contribution in [0.5, 0.6) is 0 Å². The summed E-state index contributed by atoms with van der Waals surface area (Å²) in [5.74, 6) is 2.05. The molecule has 0 bridgehead atoms. The Kier molecular flexibility index (Phi) is 7.72. The lowest BCUT2D eigenvalue weighted by Gasteiger charge is -2.18. The fraction of sp³-hybridized carbons (Fsp3) is 0.0800. The summed E-state index contributed by atoms with van der Waals surface area (Å²) < 4.78 is 45.6. The second kappa shape index (κ2) is 11.4. The molecule has 0 spiro atoms. The number of anilines is 6. The fourth-order valence-corrected chi connectivity index (χ4v) is 3.98. The van der Waals surface area contributed by atoms with Crippen molar-refractivity contribution in [3.8, 4) is 11.5 Å². The van der Waals surface area contributed by atoms with Gasteiger partial charge in [-0.1, -0.05) is 24.4 Å². The molecule has 0 atom stereocenters. The second-order valence-electron chi connectivity index (χ2n) is 8.45. The standard InChI is InChI=1S/C25H19ClF3N9O2S/c1-13-9-21(33-22-11-18(36-37-22)19-3-2-8-40-19)34-23(31-13)32-14-4-7-20(30-12-14)35-24(39)38(41)15-5-6-17(26)16(10-15)25(27,28)29/h2-12,41H,1H3,(H,30,35,39)(H3,31,32,33,34,36,37). The van der Waals surface area contributed by atoms with Crippen LogP contribution >= 0.6 is 24.4 Å². The van der Waals surface area contributed by atoms with Crippen molar-refractivity contribution in [3.05, 3.63) is 83.3 Å². The molecule has 0 aliphatic rings. The van der Waals surface area contributed by atoms with Gasteiger partial charge in [-0.2, -0.15) is 23.3 Å². The van der Waals surface area contributed by atoms with E-state index in [1.54, 1.807) is 43.5 Å². The Hall–Kier alpha value is -4.76. The minimum absolute atomic E-state index is 0.128. The number of halogens is 4. The fourth-order valence-electron chi connectivity index (χ4n) is 3.58. The SMILES string of the molecule is Cc1cc(Nc2cc(-c3ccco3)[nH]n2)nc(Nc2ccc(NC(=O)N(S)c3ccc(Cl)c(C(F)(F)F)c3)nc2)n1. The molecule has 0 saturated heterocycles. The Labute approximate surface area is 240 Å². The van der Waals surface area contributed by atoms with E-state index in [1.807, 2.05) is 0 Å². The molecule has 0 radical (unpaired) electrons. The number of alkyl halides is 3. The van der Waals surface area contributed by atoms with Crippen LogP contribution in [-0.2, 0) is 6.18 Å². The van der Waals surface area contributed by atoms with Gasteiger partial charge in [-0.05, 0) is 49.4 Å². The lowest BCUT2D eigenvalue weighted by atomic mass is 10.2. The molecule has 0 saturated carbocycles. The Balaban J connectivity index is 1.23. The van der Waals surface area contributed by atoms with Gasteiger partial charge in [0.15, 0.2) is 11.6 Å². The van der Waals surface area contributed by atoms with Gasteiger partial charge in [0.1, 0.15) is 17.3 Å². The van der Waals surface area contributed by atoms with Crippen LogP contribution in [0.2, 0.25) is 5.02 Å². The zero-order valence-corrected chi connectivity index (χ0v) is 22.5. The predicted molar refractivity (Wildman–Crippen MR) is 151 cm³/mol. The number of carbonyl (C=O) groups excluding carboxylic acids is 1. The zero-order valence-electron chi connectivity index (χ0n) is 20.9. The summed E-state index contributed by atoms with van der Waals surface area (Å²) in [5.41, 5.74) is 0.661. The van der Waals surface area contributed by atoms with E-state index in [4.69, 9.17) is 16.0 Å². The second-order valence-corrected chi connectivity index (χ2v) is 9.26. The normalized spacial score (nSPS) is 11.3. The molecule has 0 aliphatic carbocycles. The van der Waals surface area contributed by atoms with Crippen LogP contribution in [0.1, 0.15) is 11.3 Å². The molecule has 16 heteroatoms. The molecule has 0 unspecified atom stereocenters. The number of urea groups is 1. The maximum atomic E-state index is 13.2. The molecule has 4 heterocycles. The zero-order chi connectivity index (χ0) is 29.1.